The number of benzene rings is 2. The molecule has 2 unspecified atom stereocenters. The highest BCUT2D eigenvalue weighted by Crippen LogP contribution is 2.32. The summed E-state index contributed by atoms with van der Waals surface area (Å²) in [7, 11) is 0. The topological polar surface area (TPSA) is 130 Å². The number of rotatable bonds is 5. The van der Waals surface area contributed by atoms with Crippen LogP contribution in [0.1, 0.15) is 21.8 Å². The van der Waals surface area contributed by atoms with Crippen LogP contribution in [-0.2, 0) is 4.79 Å². The van der Waals surface area contributed by atoms with Crippen LogP contribution in [0, 0.1) is 45.8 Å². The average molecular weight is 357 g/mol. The molecule has 0 aliphatic rings. The summed E-state index contributed by atoms with van der Waals surface area (Å²) >= 11 is 0. The van der Waals surface area contributed by atoms with Crippen LogP contribution in [0.3, 0.4) is 0 Å². The van der Waals surface area contributed by atoms with E-state index in [1.54, 1.807) is 60.7 Å². The fraction of sp³-hybridized carbons (Fsp3) is 0.150. The predicted molar refractivity (Wildman–Crippen MR) is 95.1 cm³/mol. The molecule has 0 aliphatic carbocycles. The maximum Gasteiger partial charge on any atom is 0.269 e. The number of hydrogen-bond acceptors (Lipinski definition) is 5. The normalized spacial score (nSPS) is 11.9. The summed E-state index contributed by atoms with van der Waals surface area (Å²) in [4.78, 5) is 24.5. The van der Waals surface area contributed by atoms with Crippen LogP contribution in [0.25, 0.3) is 0 Å². The van der Waals surface area contributed by atoms with Crippen molar-refractivity contribution < 1.29 is 9.59 Å². The molecule has 0 saturated heterocycles. The molecule has 0 aliphatic heterocycles. The van der Waals surface area contributed by atoms with Crippen molar-refractivity contribution in [3.05, 3.63) is 71.8 Å². The molecule has 2 amide bonds. The van der Waals surface area contributed by atoms with Gasteiger partial charge in [-0.15, -0.1) is 0 Å². The highest BCUT2D eigenvalue weighted by molar-refractivity contribution is 5.95. The molecule has 2 N–H and O–H groups in total. The monoisotopic (exact) mass is 357 g/mol. The first-order chi connectivity index (χ1) is 13.1. The Bertz CT molecular complexity index is 909. The smallest absolute Gasteiger partial charge is 0.269 e. The second kappa shape index (κ2) is 9.36. The molecule has 2 aromatic carbocycles. The Kier molecular flexibility index (Phi) is 6.65. The van der Waals surface area contributed by atoms with Crippen molar-refractivity contribution in [3.63, 3.8) is 0 Å². The van der Waals surface area contributed by atoms with Crippen molar-refractivity contribution in [3.8, 4) is 18.2 Å². The third-order valence-electron chi connectivity index (χ3n) is 3.94. The van der Waals surface area contributed by atoms with Gasteiger partial charge in [0.2, 0.25) is 0 Å². The van der Waals surface area contributed by atoms with Gasteiger partial charge in [0.1, 0.15) is 11.8 Å². The number of hydrazine groups is 1. The van der Waals surface area contributed by atoms with E-state index in [-0.39, 0.29) is 0 Å². The lowest BCUT2D eigenvalue weighted by Gasteiger charge is -2.22. The molecule has 27 heavy (non-hydrogen) atoms. The molecule has 0 bridgehead atoms. The highest BCUT2D eigenvalue weighted by atomic mass is 16.2. The standard InChI is InChI=1S/C20H15N5O2/c21-11-16(12-22)18(14-7-3-1-4-8-14)17(13-23)20(27)25-24-19(26)15-9-5-2-6-10-15/h1-10,16-18H,(H,24,26)(H,25,27). The fourth-order valence-corrected chi connectivity index (χ4v) is 2.60. The first kappa shape index (κ1) is 19.2. The number of nitrogens with zero attached hydrogens (tertiary/aromatic N) is 3. The first-order valence-electron chi connectivity index (χ1n) is 8.01. The number of nitrogens with one attached hydrogen (secondary N) is 2. The summed E-state index contributed by atoms with van der Waals surface area (Å²) in [5, 5.41) is 28.0. The Balaban J connectivity index is 2.20. The van der Waals surface area contributed by atoms with Crippen LogP contribution in [-0.4, -0.2) is 11.8 Å². The molecule has 2 rings (SSSR count). The maximum atomic E-state index is 12.5. The minimum absolute atomic E-state index is 0.331. The molecule has 0 fully saturated rings. The van der Waals surface area contributed by atoms with Gasteiger partial charge in [-0.25, -0.2) is 0 Å². The number of nitriles is 3. The Morgan fingerprint density at radius 1 is 0.778 bits per heavy atom. The zero-order chi connectivity index (χ0) is 19.6. The van der Waals surface area contributed by atoms with Crippen molar-refractivity contribution in [2.75, 3.05) is 0 Å². The Morgan fingerprint density at radius 3 is 1.85 bits per heavy atom. The highest BCUT2D eigenvalue weighted by Gasteiger charge is 2.36. The maximum absolute atomic E-state index is 12.5. The van der Waals surface area contributed by atoms with E-state index >= 15 is 0 Å². The lowest BCUT2D eigenvalue weighted by Crippen LogP contribution is -2.46. The van der Waals surface area contributed by atoms with Gasteiger partial charge < -0.3 is 0 Å². The lowest BCUT2D eigenvalue weighted by atomic mass is 9.78. The minimum Gasteiger partial charge on any atom is -0.272 e. The molecular weight excluding hydrogens is 342 g/mol. The zero-order valence-electron chi connectivity index (χ0n) is 14.2. The van der Waals surface area contributed by atoms with Gasteiger partial charge in [-0.1, -0.05) is 48.5 Å². The summed E-state index contributed by atoms with van der Waals surface area (Å²) in [6.45, 7) is 0. The van der Waals surface area contributed by atoms with E-state index in [0.29, 0.717) is 11.1 Å². The number of hydrogen-bond donors (Lipinski definition) is 2. The molecule has 2 atom stereocenters. The number of amides is 2. The predicted octanol–water partition coefficient (Wildman–Crippen LogP) is 2.03. The van der Waals surface area contributed by atoms with E-state index in [1.165, 1.54) is 0 Å². The van der Waals surface area contributed by atoms with E-state index in [2.05, 4.69) is 10.9 Å². The summed E-state index contributed by atoms with van der Waals surface area (Å²) < 4.78 is 0. The van der Waals surface area contributed by atoms with Gasteiger partial charge >= 0.3 is 0 Å². The first-order valence-corrected chi connectivity index (χ1v) is 8.01. The largest absolute Gasteiger partial charge is 0.272 e. The molecular formula is C20H15N5O2. The fourth-order valence-electron chi connectivity index (χ4n) is 2.60. The molecule has 0 radical (unpaired) electrons. The Labute approximate surface area is 156 Å². The molecule has 7 heteroatoms. The second-order valence-corrected chi connectivity index (χ2v) is 5.59. The van der Waals surface area contributed by atoms with Crippen molar-refractivity contribution >= 4 is 11.8 Å². The Morgan fingerprint density at radius 2 is 1.33 bits per heavy atom. The molecule has 0 heterocycles. The van der Waals surface area contributed by atoms with E-state index in [9.17, 15) is 25.4 Å². The van der Waals surface area contributed by atoms with Crippen LogP contribution in [0.4, 0.5) is 0 Å². The van der Waals surface area contributed by atoms with E-state index < -0.39 is 29.6 Å². The van der Waals surface area contributed by atoms with Gasteiger partial charge in [0.25, 0.3) is 11.8 Å². The third kappa shape index (κ3) is 4.69. The minimum atomic E-state index is -1.34. The van der Waals surface area contributed by atoms with E-state index in [0.717, 1.165) is 0 Å². The molecule has 0 saturated carbocycles. The second-order valence-electron chi connectivity index (χ2n) is 5.59. The quantitative estimate of drug-likeness (QED) is 0.791. The van der Waals surface area contributed by atoms with Gasteiger partial charge in [0.05, 0.1) is 18.2 Å². The average Bonchev–Trinajstić information content (AvgIpc) is 2.73. The molecule has 0 aromatic heterocycles. The molecule has 132 valence electrons. The van der Waals surface area contributed by atoms with Crippen LogP contribution >= 0.6 is 0 Å². The summed E-state index contributed by atoms with van der Waals surface area (Å²) in [5.41, 5.74) is 5.29. The van der Waals surface area contributed by atoms with Gasteiger partial charge in [-0.05, 0) is 17.7 Å². The van der Waals surface area contributed by atoms with Crippen molar-refractivity contribution in [1.29, 1.82) is 15.8 Å². The van der Waals surface area contributed by atoms with Crippen molar-refractivity contribution in [1.82, 2.24) is 10.9 Å². The van der Waals surface area contributed by atoms with Crippen LogP contribution < -0.4 is 10.9 Å². The van der Waals surface area contributed by atoms with Gasteiger partial charge in [-0.2, -0.15) is 15.8 Å². The van der Waals surface area contributed by atoms with Crippen LogP contribution in [0.5, 0.6) is 0 Å². The van der Waals surface area contributed by atoms with Gasteiger partial charge in [-0.3, -0.25) is 20.4 Å². The Hall–Kier alpha value is -4.15. The number of carbonyl (C=O) groups is 2. The molecule has 0 spiro atoms. The van der Waals surface area contributed by atoms with E-state index in [1.807, 2.05) is 18.2 Å². The van der Waals surface area contributed by atoms with Crippen molar-refractivity contribution in [2.24, 2.45) is 11.8 Å². The van der Waals surface area contributed by atoms with Gasteiger partial charge in [0.15, 0.2) is 0 Å². The number of carbonyl (C=O) groups excluding carboxylic acids is 2. The SMILES string of the molecule is N#CC(C#N)C(c1ccccc1)C(C#N)C(=O)NNC(=O)c1ccccc1. The van der Waals surface area contributed by atoms with E-state index in [4.69, 9.17) is 0 Å². The van der Waals surface area contributed by atoms with Crippen LogP contribution in [0.2, 0.25) is 0 Å². The molecule has 7 nitrogen and oxygen atoms in total. The molecule has 2 aromatic rings. The summed E-state index contributed by atoms with van der Waals surface area (Å²) in [6.07, 6.45) is 0. The van der Waals surface area contributed by atoms with Crippen molar-refractivity contribution in [2.45, 2.75) is 5.92 Å². The third-order valence-corrected chi connectivity index (χ3v) is 3.94. The zero-order valence-corrected chi connectivity index (χ0v) is 14.2. The summed E-state index contributed by atoms with van der Waals surface area (Å²) in [6, 6.07) is 22.2. The lowest BCUT2D eigenvalue weighted by molar-refractivity contribution is -0.124. The van der Waals surface area contributed by atoms with Crippen LogP contribution in [0.15, 0.2) is 60.7 Å². The van der Waals surface area contributed by atoms with Gasteiger partial charge in [0, 0.05) is 11.5 Å². The summed E-state index contributed by atoms with van der Waals surface area (Å²) in [5.74, 6) is -4.85.